The van der Waals surface area contributed by atoms with Crippen molar-refractivity contribution in [1.29, 1.82) is 0 Å². The average Bonchev–Trinajstić information content (AvgIpc) is 2.21. The molecule has 14 heavy (non-hydrogen) atoms. The number of hydrogen-bond acceptors (Lipinski definition) is 4. The van der Waals surface area contributed by atoms with Crippen LogP contribution in [0, 0.1) is 0 Å². The maximum Gasteiger partial charge on any atom is 0.409 e. The van der Waals surface area contributed by atoms with E-state index in [-0.39, 0.29) is 11.8 Å². The minimum atomic E-state index is -0.186. The molecule has 0 aliphatic carbocycles. The Balaban J connectivity index is 0.000000500. The normalized spacial score (nSPS) is 15.1. The molecule has 0 aromatic rings. The van der Waals surface area contributed by atoms with Gasteiger partial charge in [-0.15, -0.1) is 0 Å². The van der Waals surface area contributed by atoms with Gasteiger partial charge >= 0.3 is 6.09 Å². The van der Waals surface area contributed by atoms with Crippen LogP contribution in [0.1, 0.15) is 6.92 Å². The van der Waals surface area contributed by atoms with Crippen molar-refractivity contribution in [3.63, 3.8) is 0 Å². The van der Waals surface area contributed by atoms with Crippen molar-refractivity contribution in [1.82, 2.24) is 10.2 Å². The van der Waals surface area contributed by atoms with Gasteiger partial charge in [0, 0.05) is 26.2 Å². The maximum absolute atomic E-state index is 11.1. The first-order valence-electron chi connectivity index (χ1n) is 4.42. The standard InChI is InChI=1S/C7H14N2O2.CHClO/c1-2-11-7(10)9-5-3-8-4-6-9;2-1-3/h8H,2-6H2,1H3;1H. The Morgan fingerprint density at radius 2 is 2.07 bits per heavy atom. The predicted molar refractivity (Wildman–Crippen MR) is 54.1 cm³/mol. The van der Waals surface area contributed by atoms with E-state index in [1.165, 1.54) is 0 Å². The van der Waals surface area contributed by atoms with Gasteiger partial charge < -0.3 is 15.0 Å². The molecule has 1 aliphatic rings. The molecule has 0 radical (unpaired) electrons. The van der Waals surface area contributed by atoms with Crippen molar-refractivity contribution in [3.8, 4) is 0 Å². The fraction of sp³-hybridized carbons (Fsp3) is 0.750. The van der Waals surface area contributed by atoms with Crippen LogP contribution in [0.25, 0.3) is 0 Å². The Morgan fingerprint density at radius 1 is 1.57 bits per heavy atom. The van der Waals surface area contributed by atoms with Gasteiger partial charge in [-0.3, -0.25) is 4.79 Å². The summed E-state index contributed by atoms with van der Waals surface area (Å²) >= 11 is 4.32. The molecule has 0 unspecified atom stereocenters. The molecular formula is C8H15ClN2O3. The largest absolute Gasteiger partial charge is 0.450 e. The van der Waals surface area contributed by atoms with Crippen LogP contribution in [0.4, 0.5) is 4.79 Å². The van der Waals surface area contributed by atoms with Crippen molar-refractivity contribution in [3.05, 3.63) is 0 Å². The minimum absolute atomic E-state index is 0.186. The molecule has 1 heterocycles. The number of halogens is 1. The molecule has 5 nitrogen and oxygen atoms in total. The lowest BCUT2D eigenvalue weighted by Crippen LogP contribution is -2.46. The molecule has 0 spiro atoms. The summed E-state index contributed by atoms with van der Waals surface area (Å²) in [7, 11) is 0. The third-order valence-electron chi connectivity index (χ3n) is 1.64. The van der Waals surface area contributed by atoms with Gasteiger partial charge in [-0.05, 0) is 18.5 Å². The Kier molecular flexibility index (Phi) is 8.27. The van der Waals surface area contributed by atoms with E-state index >= 15 is 0 Å². The number of rotatable bonds is 1. The van der Waals surface area contributed by atoms with Gasteiger partial charge in [0.15, 0.2) is 0 Å². The first-order valence-corrected chi connectivity index (χ1v) is 4.86. The number of ether oxygens (including phenoxy) is 1. The minimum Gasteiger partial charge on any atom is -0.450 e. The molecule has 0 saturated carbocycles. The Bertz CT molecular complexity index is 172. The number of nitrogens with zero attached hydrogens (tertiary/aromatic N) is 1. The zero-order chi connectivity index (χ0) is 10.8. The Labute approximate surface area is 88.3 Å². The Hall–Kier alpha value is -0.810. The topological polar surface area (TPSA) is 58.6 Å². The van der Waals surface area contributed by atoms with Gasteiger partial charge in [0.1, 0.15) is 0 Å². The van der Waals surface area contributed by atoms with Crippen molar-refractivity contribution in [2.75, 3.05) is 32.8 Å². The SMILES string of the molecule is CCOC(=O)N1CCNCC1.O=CCl. The summed E-state index contributed by atoms with van der Waals surface area (Å²) in [5, 5.41) is 3.16. The number of carbonyl (C=O) groups is 2. The van der Waals surface area contributed by atoms with E-state index in [2.05, 4.69) is 16.9 Å². The molecular weight excluding hydrogens is 208 g/mol. The zero-order valence-corrected chi connectivity index (χ0v) is 8.92. The van der Waals surface area contributed by atoms with Crippen molar-refractivity contribution in [2.45, 2.75) is 6.92 Å². The van der Waals surface area contributed by atoms with Crippen LogP contribution in [-0.2, 0) is 9.53 Å². The van der Waals surface area contributed by atoms with Crippen LogP contribution in [0.3, 0.4) is 0 Å². The third kappa shape index (κ3) is 5.77. The highest BCUT2D eigenvalue weighted by Crippen LogP contribution is 1.95. The molecule has 0 atom stereocenters. The van der Waals surface area contributed by atoms with Crippen LogP contribution >= 0.6 is 11.6 Å². The number of nitrogens with one attached hydrogen (secondary N) is 1. The fourth-order valence-corrected chi connectivity index (χ4v) is 1.06. The first kappa shape index (κ1) is 13.2. The van der Waals surface area contributed by atoms with Gasteiger partial charge in [0.05, 0.1) is 6.61 Å². The highest BCUT2D eigenvalue weighted by atomic mass is 35.5. The van der Waals surface area contributed by atoms with E-state index < -0.39 is 0 Å². The van der Waals surface area contributed by atoms with Crippen LogP contribution in [0.2, 0.25) is 0 Å². The molecule has 0 aromatic carbocycles. The van der Waals surface area contributed by atoms with E-state index in [9.17, 15) is 4.79 Å². The molecule has 0 bridgehead atoms. The fourth-order valence-electron chi connectivity index (χ4n) is 1.06. The lowest BCUT2D eigenvalue weighted by molar-refractivity contribution is 0.102. The smallest absolute Gasteiger partial charge is 0.409 e. The summed E-state index contributed by atoms with van der Waals surface area (Å²) in [6.45, 7) is 5.55. The molecule has 1 amide bonds. The molecule has 1 fully saturated rings. The molecule has 1 N–H and O–H groups in total. The van der Waals surface area contributed by atoms with Crippen LogP contribution in [-0.4, -0.2) is 49.5 Å². The third-order valence-corrected chi connectivity index (χ3v) is 1.64. The lowest BCUT2D eigenvalue weighted by Gasteiger charge is -2.26. The van der Waals surface area contributed by atoms with E-state index in [1.54, 1.807) is 4.90 Å². The second-order valence-electron chi connectivity index (χ2n) is 2.53. The molecule has 6 heteroatoms. The van der Waals surface area contributed by atoms with Gasteiger partial charge in [-0.25, -0.2) is 4.79 Å². The lowest BCUT2D eigenvalue weighted by atomic mass is 10.4. The van der Waals surface area contributed by atoms with E-state index in [0.717, 1.165) is 26.2 Å². The van der Waals surface area contributed by atoms with E-state index in [0.29, 0.717) is 6.61 Å². The number of piperazine rings is 1. The van der Waals surface area contributed by atoms with Crippen molar-refractivity contribution in [2.24, 2.45) is 0 Å². The number of hydrogen-bond donors (Lipinski definition) is 1. The van der Waals surface area contributed by atoms with Crippen molar-refractivity contribution < 1.29 is 14.3 Å². The summed E-state index contributed by atoms with van der Waals surface area (Å²) < 4.78 is 4.84. The molecule has 1 aliphatic heterocycles. The summed E-state index contributed by atoms with van der Waals surface area (Å²) in [6.07, 6.45) is -0.186. The quantitative estimate of drug-likeness (QED) is 0.518. The maximum atomic E-state index is 11.1. The summed E-state index contributed by atoms with van der Waals surface area (Å²) in [4.78, 5) is 21.4. The molecule has 1 rings (SSSR count). The summed E-state index contributed by atoms with van der Waals surface area (Å²) in [5.41, 5.74) is 0. The second-order valence-corrected chi connectivity index (χ2v) is 2.70. The number of amides is 1. The predicted octanol–water partition coefficient (Wildman–Crippen LogP) is 0.464. The Morgan fingerprint density at radius 3 is 2.50 bits per heavy atom. The molecule has 82 valence electrons. The zero-order valence-electron chi connectivity index (χ0n) is 8.16. The van der Waals surface area contributed by atoms with Gasteiger partial charge in [-0.1, -0.05) is 0 Å². The number of carbonyl (C=O) groups excluding carboxylic acids is 2. The highest BCUT2D eigenvalue weighted by Gasteiger charge is 2.15. The van der Waals surface area contributed by atoms with Gasteiger partial charge in [0.2, 0.25) is 5.75 Å². The van der Waals surface area contributed by atoms with Gasteiger partial charge in [0.25, 0.3) is 0 Å². The first-order chi connectivity index (χ1) is 6.76. The van der Waals surface area contributed by atoms with Crippen LogP contribution < -0.4 is 5.32 Å². The summed E-state index contributed by atoms with van der Waals surface area (Å²) in [5.74, 6) is 0.222. The van der Waals surface area contributed by atoms with Crippen LogP contribution in [0.5, 0.6) is 0 Å². The van der Waals surface area contributed by atoms with Crippen LogP contribution in [0.15, 0.2) is 0 Å². The highest BCUT2D eigenvalue weighted by molar-refractivity contribution is 6.54. The second kappa shape index (κ2) is 8.77. The monoisotopic (exact) mass is 222 g/mol. The average molecular weight is 223 g/mol. The van der Waals surface area contributed by atoms with Gasteiger partial charge in [-0.2, -0.15) is 0 Å². The van der Waals surface area contributed by atoms with Crippen molar-refractivity contribution >= 4 is 23.4 Å². The summed E-state index contributed by atoms with van der Waals surface area (Å²) in [6, 6.07) is 0. The molecule has 1 saturated heterocycles. The molecule has 0 aromatic heterocycles. The van der Waals surface area contributed by atoms with E-state index in [4.69, 9.17) is 9.53 Å². The van der Waals surface area contributed by atoms with E-state index in [1.807, 2.05) is 6.92 Å².